The molecule has 0 bridgehead atoms. The Balaban J connectivity index is 2.27. The van der Waals surface area contributed by atoms with Crippen molar-refractivity contribution in [2.24, 2.45) is 0 Å². The average molecular weight is 216 g/mol. The first kappa shape index (κ1) is 10.7. The minimum Gasteiger partial charge on any atom is -0.494 e. The zero-order valence-electron chi connectivity index (χ0n) is 9.68. The van der Waals surface area contributed by atoms with E-state index in [0.29, 0.717) is 6.61 Å². The van der Waals surface area contributed by atoms with Crippen LogP contribution in [0.5, 0.6) is 5.75 Å². The average Bonchev–Trinajstić information content (AvgIpc) is 2.78. The third kappa shape index (κ3) is 2.08. The molecule has 2 rings (SSSR count). The smallest absolute Gasteiger partial charge is 0.139 e. The summed E-state index contributed by atoms with van der Waals surface area (Å²) in [6.45, 7) is 5.73. The van der Waals surface area contributed by atoms with Gasteiger partial charge in [-0.05, 0) is 38.1 Å². The van der Waals surface area contributed by atoms with E-state index < -0.39 is 0 Å². The largest absolute Gasteiger partial charge is 0.494 e. The molecule has 0 aliphatic carbocycles. The van der Waals surface area contributed by atoms with Crippen LogP contribution in [0.15, 0.2) is 36.7 Å². The minimum absolute atomic E-state index is 0.697. The molecule has 0 saturated heterocycles. The second-order valence-corrected chi connectivity index (χ2v) is 3.49. The quantitative estimate of drug-likeness (QED) is 0.785. The number of aryl methyl sites for hydroxylation is 1. The summed E-state index contributed by atoms with van der Waals surface area (Å²) in [4.78, 5) is 4.36. The Morgan fingerprint density at radius 2 is 1.94 bits per heavy atom. The van der Waals surface area contributed by atoms with Crippen molar-refractivity contribution in [1.82, 2.24) is 9.55 Å². The molecule has 84 valence electrons. The Bertz CT molecular complexity index is 445. The Hall–Kier alpha value is -1.77. The molecule has 3 nitrogen and oxygen atoms in total. The lowest BCUT2D eigenvalue weighted by Gasteiger charge is -2.06. The minimum atomic E-state index is 0.697. The third-order valence-corrected chi connectivity index (χ3v) is 2.48. The summed E-state index contributed by atoms with van der Waals surface area (Å²) in [7, 11) is 0. The summed E-state index contributed by atoms with van der Waals surface area (Å²) < 4.78 is 7.53. The van der Waals surface area contributed by atoms with Crippen LogP contribution in [0, 0.1) is 0 Å². The molecule has 0 unspecified atom stereocenters. The number of hydrogen-bond donors (Lipinski definition) is 0. The van der Waals surface area contributed by atoms with Gasteiger partial charge in [0.2, 0.25) is 0 Å². The van der Waals surface area contributed by atoms with Crippen molar-refractivity contribution >= 4 is 0 Å². The van der Waals surface area contributed by atoms with E-state index in [-0.39, 0.29) is 0 Å². The van der Waals surface area contributed by atoms with E-state index in [2.05, 4.69) is 16.5 Å². The predicted octanol–water partition coefficient (Wildman–Crippen LogP) is 2.97. The van der Waals surface area contributed by atoms with Gasteiger partial charge in [0, 0.05) is 24.5 Å². The zero-order valence-corrected chi connectivity index (χ0v) is 9.68. The highest BCUT2D eigenvalue weighted by Crippen LogP contribution is 2.20. The molecule has 0 saturated carbocycles. The van der Waals surface area contributed by atoms with Gasteiger partial charge in [-0.1, -0.05) is 0 Å². The molecule has 0 spiro atoms. The number of ether oxygens (including phenoxy) is 1. The fraction of sp³-hybridized carbons (Fsp3) is 0.308. The highest BCUT2D eigenvalue weighted by Gasteiger charge is 2.04. The van der Waals surface area contributed by atoms with Crippen molar-refractivity contribution in [1.29, 1.82) is 0 Å². The van der Waals surface area contributed by atoms with Crippen LogP contribution in [-0.4, -0.2) is 16.2 Å². The summed E-state index contributed by atoms with van der Waals surface area (Å²) >= 11 is 0. The lowest BCUT2D eigenvalue weighted by atomic mass is 10.2. The maximum atomic E-state index is 5.41. The predicted molar refractivity (Wildman–Crippen MR) is 64.5 cm³/mol. The SMILES string of the molecule is CCOc1ccc(-c2nccn2CC)cc1. The number of nitrogens with zero attached hydrogens (tertiary/aromatic N) is 2. The molecule has 0 fully saturated rings. The van der Waals surface area contributed by atoms with Crippen LogP contribution >= 0.6 is 0 Å². The van der Waals surface area contributed by atoms with Crippen LogP contribution in [0.4, 0.5) is 0 Å². The standard InChI is InChI=1S/C13H16N2O/c1-3-15-10-9-14-13(15)11-5-7-12(8-6-11)16-4-2/h5-10H,3-4H2,1-2H3. The molecule has 0 N–H and O–H groups in total. The second-order valence-electron chi connectivity index (χ2n) is 3.49. The zero-order chi connectivity index (χ0) is 11.4. The van der Waals surface area contributed by atoms with Crippen LogP contribution in [0.2, 0.25) is 0 Å². The van der Waals surface area contributed by atoms with Crippen molar-refractivity contribution in [3.63, 3.8) is 0 Å². The Labute approximate surface area is 95.7 Å². The topological polar surface area (TPSA) is 27.1 Å². The van der Waals surface area contributed by atoms with Crippen molar-refractivity contribution in [2.45, 2.75) is 20.4 Å². The highest BCUT2D eigenvalue weighted by molar-refractivity contribution is 5.56. The first-order chi connectivity index (χ1) is 7.85. The van der Waals surface area contributed by atoms with E-state index in [9.17, 15) is 0 Å². The number of aromatic nitrogens is 2. The van der Waals surface area contributed by atoms with Gasteiger partial charge in [0.25, 0.3) is 0 Å². The lowest BCUT2D eigenvalue weighted by Crippen LogP contribution is -1.96. The van der Waals surface area contributed by atoms with E-state index in [4.69, 9.17) is 4.74 Å². The number of imidazole rings is 1. The molecule has 1 aromatic heterocycles. The Morgan fingerprint density at radius 3 is 2.56 bits per heavy atom. The van der Waals surface area contributed by atoms with Crippen LogP contribution < -0.4 is 4.74 Å². The Morgan fingerprint density at radius 1 is 1.19 bits per heavy atom. The van der Waals surface area contributed by atoms with Crippen molar-refractivity contribution in [3.05, 3.63) is 36.7 Å². The van der Waals surface area contributed by atoms with Gasteiger partial charge >= 0.3 is 0 Å². The van der Waals surface area contributed by atoms with Gasteiger partial charge in [0.15, 0.2) is 0 Å². The van der Waals surface area contributed by atoms with E-state index >= 15 is 0 Å². The molecular formula is C13H16N2O. The molecule has 2 aromatic rings. The summed E-state index contributed by atoms with van der Waals surface area (Å²) in [6.07, 6.45) is 3.82. The van der Waals surface area contributed by atoms with Gasteiger partial charge in [0.1, 0.15) is 11.6 Å². The van der Waals surface area contributed by atoms with E-state index in [1.807, 2.05) is 43.6 Å². The summed E-state index contributed by atoms with van der Waals surface area (Å²) in [5, 5.41) is 0. The van der Waals surface area contributed by atoms with Crippen LogP contribution in [-0.2, 0) is 6.54 Å². The molecule has 0 aliphatic rings. The molecule has 3 heteroatoms. The van der Waals surface area contributed by atoms with E-state index in [0.717, 1.165) is 23.7 Å². The van der Waals surface area contributed by atoms with Gasteiger partial charge < -0.3 is 9.30 Å². The summed E-state index contributed by atoms with van der Waals surface area (Å²) in [5.41, 5.74) is 1.12. The molecule has 0 radical (unpaired) electrons. The first-order valence-corrected chi connectivity index (χ1v) is 5.59. The number of hydrogen-bond acceptors (Lipinski definition) is 2. The van der Waals surface area contributed by atoms with Crippen LogP contribution in [0.3, 0.4) is 0 Å². The van der Waals surface area contributed by atoms with Crippen LogP contribution in [0.25, 0.3) is 11.4 Å². The molecular weight excluding hydrogens is 200 g/mol. The Kier molecular flexibility index (Phi) is 3.25. The van der Waals surface area contributed by atoms with Gasteiger partial charge in [-0.15, -0.1) is 0 Å². The van der Waals surface area contributed by atoms with Gasteiger partial charge in [-0.25, -0.2) is 4.98 Å². The maximum absolute atomic E-state index is 5.41. The molecule has 1 heterocycles. The fourth-order valence-electron chi connectivity index (χ4n) is 1.69. The molecule has 16 heavy (non-hydrogen) atoms. The number of rotatable bonds is 4. The summed E-state index contributed by atoms with van der Waals surface area (Å²) in [6, 6.07) is 8.04. The normalized spacial score (nSPS) is 10.4. The van der Waals surface area contributed by atoms with Crippen molar-refractivity contribution in [3.8, 4) is 17.1 Å². The highest BCUT2D eigenvalue weighted by atomic mass is 16.5. The third-order valence-electron chi connectivity index (χ3n) is 2.48. The van der Waals surface area contributed by atoms with Gasteiger partial charge in [0.05, 0.1) is 6.61 Å². The van der Waals surface area contributed by atoms with Gasteiger partial charge in [-0.2, -0.15) is 0 Å². The van der Waals surface area contributed by atoms with E-state index in [1.165, 1.54) is 0 Å². The van der Waals surface area contributed by atoms with Crippen molar-refractivity contribution in [2.75, 3.05) is 6.61 Å². The molecule has 0 atom stereocenters. The van der Waals surface area contributed by atoms with E-state index in [1.54, 1.807) is 0 Å². The maximum Gasteiger partial charge on any atom is 0.139 e. The molecule has 0 amide bonds. The van der Waals surface area contributed by atoms with Crippen LogP contribution in [0.1, 0.15) is 13.8 Å². The number of benzene rings is 1. The van der Waals surface area contributed by atoms with Crippen molar-refractivity contribution < 1.29 is 4.74 Å². The second kappa shape index (κ2) is 4.84. The summed E-state index contributed by atoms with van der Waals surface area (Å²) in [5.74, 6) is 1.91. The fourth-order valence-corrected chi connectivity index (χ4v) is 1.69. The first-order valence-electron chi connectivity index (χ1n) is 5.59. The lowest BCUT2D eigenvalue weighted by molar-refractivity contribution is 0.340. The molecule has 1 aromatic carbocycles. The monoisotopic (exact) mass is 216 g/mol. The van der Waals surface area contributed by atoms with Gasteiger partial charge in [-0.3, -0.25) is 0 Å². The molecule has 0 aliphatic heterocycles.